The maximum absolute atomic E-state index is 12.3. The summed E-state index contributed by atoms with van der Waals surface area (Å²) >= 11 is 0. The summed E-state index contributed by atoms with van der Waals surface area (Å²) in [6.45, 7) is 3.78. The first-order valence-corrected chi connectivity index (χ1v) is 7.51. The minimum Gasteiger partial charge on any atom is -0.463 e. The number of aromatic nitrogens is 2. The Morgan fingerprint density at radius 2 is 2.18 bits per heavy atom. The lowest BCUT2D eigenvalue weighted by Crippen LogP contribution is -2.41. The second-order valence-corrected chi connectivity index (χ2v) is 5.78. The molecule has 0 bridgehead atoms. The highest BCUT2D eigenvalue weighted by molar-refractivity contribution is 5.76. The van der Waals surface area contributed by atoms with Gasteiger partial charge in [-0.1, -0.05) is 6.92 Å². The Kier molecular flexibility index (Phi) is 4.09. The molecule has 0 atom stereocenters. The third kappa shape index (κ3) is 3.10. The first-order chi connectivity index (χ1) is 10.6. The second-order valence-electron chi connectivity index (χ2n) is 5.78. The number of likely N-dealkylation sites (tertiary alicyclic amines) is 1. The number of furan rings is 1. The molecular formula is C16H19N3O3. The summed E-state index contributed by atoms with van der Waals surface area (Å²) in [5, 5.41) is 0. The number of piperidine rings is 1. The van der Waals surface area contributed by atoms with Crippen molar-refractivity contribution in [3.05, 3.63) is 41.1 Å². The predicted octanol–water partition coefficient (Wildman–Crippen LogP) is 1.76. The van der Waals surface area contributed by atoms with Crippen molar-refractivity contribution in [2.24, 2.45) is 5.92 Å². The molecule has 1 aliphatic heterocycles. The van der Waals surface area contributed by atoms with E-state index in [0.29, 0.717) is 17.4 Å². The quantitative estimate of drug-likeness (QED) is 0.866. The van der Waals surface area contributed by atoms with E-state index >= 15 is 0 Å². The van der Waals surface area contributed by atoms with Gasteiger partial charge in [0.2, 0.25) is 5.91 Å². The monoisotopic (exact) mass is 301 g/mol. The van der Waals surface area contributed by atoms with Gasteiger partial charge in [-0.25, -0.2) is 4.98 Å². The maximum atomic E-state index is 12.3. The molecule has 3 heterocycles. The van der Waals surface area contributed by atoms with Crippen LogP contribution < -0.4 is 5.56 Å². The molecule has 22 heavy (non-hydrogen) atoms. The van der Waals surface area contributed by atoms with Crippen LogP contribution in [0.5, 0.6) is 0 Å². The SMILES string of the molecule is CC1CCN(C(=O)Cn2cnc(-c3ccco3)cc2=O)CC1. The number of hydrogen-bond acceptors (Lipinski definition) is 4. The number of rotatable bonds is 3. The van der Waals surface area contributed by atoms with E-state index in [2.05, 4.69) is 11.9 Å². The van der Waals surface area contributed by atoms with Crippen LogP contribution in [0.4, 0.5) is 0 Å². The summed E-state index contributed by atoms with van der Waals surface area (Å²) in [5.74, 6) is 1.18. The first-order valence-electron chi connectivity index (χ1n) is 7.51. The third-order valence-electron chi connectivity index (χ3n) is 4.10. The molecule has 6 nitrogen and oxygen atoms in total. The van der Waals surface area contributed by atoms with Crippen LogP contribution in [0, 0.1) is 5.92 Å². The zero-order chi connectivity index (χ0) is 15.5. The van der Waals surface area contributed by atoms with Gasteiger partial charge in [-0.2, -0.15) is 0 Å². The summed E-state index contributed by atoms with van der Waals surface area (Å²) in [6.07, 6.45) is 4.99. The largest absolute Gasteiger partial charge is 0.463 e. The van der Waals surface area contributed by atoms with Crippen LogP contribution in [0.3, 0.4) is 0 Å². The first kappa shape index (κ1) is 14.6. The van der Waals surface area contributed by atoms with E-state index in [1.54, 1.807) is 12.1 Å². The maximum Gasteiger partial charge on any atom is 0.254 e. The lowest BCUT2D eigenvalue weighted by atomic mass is 9.99. The Hall–Kier alpha value is -2.37. The lowest BCUT2D eigenvalue weighted by Gasteiger charge is -2.30. The lowest BCUT2D eigenvalue weighted by molar-refractivity contribution is -0.133. The minimum absolute atomic E-state index is 0.0263. The van der Waals surface area contributed by atoms with Crippen LogP contribution >= 0.6 is 0 Å². The Labute approximate surface area is 128 Å². The molecule has 6 heteroatoms. The Morgan fingerprint density at radius 3 is 2.82 bits per heavy atom. The van der Waals surface area contributed by atoms with Gasteiger partial charge in [-0.15, -0.1) is 0 Å². The number of amides is 1. The van der Waals surface area contributed by atoms with E-state index in [0.717, 1.165) is 25.9 Å². The normalized spacial score (nSPS) is 16.0. The molecule has 116 valence electrons. The van der Waals surface area contributed by atoms with Gasteiger partial charge in [0.1, 0.15) is 12.2 Å². The highest BCUT2D eigenvalue weighted by atomic mass is 16.3. The van der Waals surface area contributed by atoms with Gasteiger partial charge in [0.25, 0.3) is 5.56 Å². The van der Waals surface area contributed by atoms with Crippen molar-refractivity contribution in [1.82, 2.24) is 14.5 Å². The molecule has 1 aliphatic rings. The van der Waals surface area contributed by atoms with E-state index in [1.807, 2.05) is 4.90 Å². The van der Waals surface area contributed by atoms with Crippen molar-refractivity contribution in [3.8, 4) is 11.5 Å². The van der Waals surface area contributed by atoms with Gasteiger partial charge in [-0.3, -0.25) is 14.2 Å². The molecule has 0 aromatic carbocycles. The Balaban J connectivity index is 1.70. The van der Waals surface area contributed by atoms with Gasteiger partial charge in [0.05, 0.1) is 12.6 Å². The summed E-state index contributed by atoms with van der Waals surface area (Å²) < 4.78 is 6.55. The minimum atomic E-state index is -0.250. The van der Waals surface area contributed by atoms with E-state index in [1.165, 1.54) is 23.2 Å². The third-order valence-corrected chi connectivity index (χ3v) is 4.10. The van der Waals surface area contributed by atoms with Crippen LogP contribution in [0.25, 0.3) is 11.5 Å². The van der Waals surface area contributed by atoms with Gasteiger partial charge >= 0.3 is 0 Å². The van der Waals surface area contributed by atoms with Gasteiger partial charge in [0.15, 0.2) is 5.76 Å². The summed E-state index contributed by atoms with van der Waals surface area (Å²) in [4.78, 5) is 30.4. The molecule has 2 aromatic heterocycles. The fraction of sp³-hybridized carbons (Fsp3) is 0.438. The van der Waals surface area contributed by atoms with E-state index in [4.69, 9.17) is 4.42 Å². The van der Waals surface area contributed by atoms with E-state index in [-0.39, 0.29) is 18.0 Å². The molecular weight excluding hydrogens is 282 g/mol. The molecule has 2 aromatic rings. The number of carbonyl (C=O) groups excluding carboxylic acids is 1. The van der Waals surface area contributed by atoms with Crippen LogP contribution in [0.15, 0.2) is 40.0 Å². The van der Waals surface area contributed by atoms with Crippen molar-refractivity contribution in [3.63, 3.8) is 0 Å². The molecule has 0 aliphatic carbocycles. The average molecular weight is 301 g/mol. The standard InChI is InChI=1S/C16H19N3O3/c1-12-4-6-18(7-5-12)16(21)10-19-11-17-13(9-15(19)20)14-3-2-8-22-14/h2-3,8-9,11-12H,4-7,10H2,1H3. The molecule has 0 spiro atoms. The molecule has 1 amide bonds. The van der Waals surface area contributed by atoms with Crippen LogP contribution in [-0.2, 0) is 11.3 Å². The smallest absolute Gasteiger partial charge is 0.254 e. The van der Waals surface area contributed by atoms with Crippen molar-refractivity contribution < 1.29 is 9.21 Å². The summed E-state index contributed by atoms with van der Waals surface area (Å²) in [5.41, 5.74) is 0.227. The molecule has 0 unspecified atom stereocenters. The molecule has 1 saturated heterocycles. The average Bonchev–Trinajstić information content (AvgIpc) is 3.04. The topological polar surface area (TPSA) is 68.3 Å². The molecule has 0 saturated carbocycles. The van der Waals surface area contributed by atoms with Crippen LogP contribution in [0.2, 0.25) is 0 Å². The number of nitrogens with zero attached hydrogens (tertiary/aromatic N) is 3. The zero-order valence-electron chi connectivity index (χ0n) is 12.6. The van der Waals surface area contributed by atoms with Crippen molar-refractivity contribution in [1.29, 1.82) is 0 Å². The summed E-state index contributed by atoms with van der Waals surface area (Å²) in [6, 6.07) is 4.87. The fourth-order valence-electron chi connectivity index (χ4n) is 2.61. The fourth-order valence-corrected chi connectivity index (χ4v) is 2.61. The zero-order valence-corrected chi connectivity index (χ0v) is 12.6. The molecule has 0 N–H and O–H groups in total. The Bertz CT molecular complexity index is 698. The molecule has 1 fully saturated rings. The van der Waals surface area contributed by atoms with Crippen molar-refractivity contribution in [2.45, 2.75) is 26.3 Å². The molecule has 0 radical (unpaired) electrons. The summed E-state index contributed by atoms with van der Waals surface area (Å²) in [7, 11) is 0. The van der Waals surface area contributed by atoms with Gasteiger partial charge in [0, 0.05) is 19.2 Å². The number of carbonyl (C=O) groups is 1. The second kappa shape index (κ2) is 6.17. The van der Waals surface area contributed by atoms with Crippen molar-refractivity contribution >= 4 is 5.91 Å². The Morgan fingerprint density at radius 1 is 1.41 bits per heavy atom. The van der Waals surface area contributed by atoms with E-state index < -0.39 is 0 Å². The van der Waals surface area contributed by atoms with Gasteiger partial charge < -0.3 is 9.32 Å². The highest BCUT2D eigenvalue weighted by Crippen LogP contribution is 2.16. The van der Waals surface area contributed by atoms with E-state index in [9.17, 15) is 9.59 Å². The predicted molar refractivity (Wildman–Crippen MR) is 81.2 cm³/mol. The van der Waals surface area contributed by atoms with Crippen molar-refractivity contribution in [2.75, 3.05) is 13.1 Å². The van der Waals surface area contributed by atoms with Crippen LogP contribution in [0.1, 0.15) is 19.8 Å². The van der Waals surface area contributed by atoms with Crippen LogP contribution in [-0.4, -0.2) is 33.4 Å². The number of hydrogen-bond donors (Lipinski definition) is 0. The van der Waals surface area contributed by atoms with Gasteiger partial charge in [-0.05, 0) is 30.9 Å². The molecule has 3 rings (SSSR count). The highest BCUT2D eigenvalue weighted by Gasteiger charge is 2.20.